The van der Waals surface area contributed by atoms with Crippen LogP contribution in [0.4, 0.5) is 0 Å². The van der Waals surface area contributed by atoms with Crippen molar-refractivity contribution >= 4 is 23.0 Å². The fourth-order valence-corrected chi connectivity index (χ4v) is 4.36. The normalized spacial score (nSPS) is 34.8. The average Bonchev–Trinajstić information content (AvgIpc) is 2.77. The molecule has 12 nitrogen and oxygen atoms in total. The standard InChI is InChI=1S/C13H26O12S2/c14-3-5-9(19)6(16)1-13(5,26)2-7(17)12(25-27(22,23)24)11(21)10(20)8(18)4-15/h5-12,14-21,26H,1-4H2,(H,22,23,24)/t5-,6-,7-,8-,9-,10-,11+,12+,13?/m1/s1. The van der Waals surface area contributed by atoms with Gasteiger partial charge in [-0.05, 0) is 12.8 Å². The lowest BCUT2D eigenvalue weighted by Crippen LogP contribution is -2.53. The Labute approximate surface area is 161 Å². The summed E-state index contributed by atoms with van der Waals surface area (Å²) in [6.45, 7) is -1.64. The van der Waals surface area contributed by atoms with Crippen LogP contribution in [0.25, 0.3) is 0 Å². The second-order valence-corrected chi connectivity index (χ2v) is 8.58. The monoisotopic (exact) mass is 438 g/mol. The predicted octanol–water partition coefficient (Wildman–Crippen LogP) is -4.60. The van der Waals surface area contributed by atoms with Gasteiger partial charge in [-0.15, -0.1) is 0 Å². The highest BCUT2D eigenvalue weighted by Gasteiger charge is 2.52. The summed E-state index contributed by atoms with van der Waals surface area (Å²) in [5, 5.41) is 77.4. The first-order valence-corrected chi connectivity index (χ1v) is 9.76. The van der Waals surface area contributed by atoms with Crippen LogP contribution in [0.1, 0.15) is 12.8 Å². The Balaban J connectivity index is 3.08. The van der Waals surface area contributed by atoms with Crippen molar-refractivity contribution in [3.8, 4) is 0 Å². The van der Waals surface area contributed by atoms with Crippen LogP contribution < -0.4 is 0 Å². The number of aliphatic hydroxyl groups excluding tert-OH is 8. The van der Waals surface area contributed by atoms with E-state index >= 15 is 0 Å². The van der Waals surface area contributed by atoms with Gasteiger partial charge < -0.3 is 40.9 Å². The Kier molecular flexibility index (Phi) is 8.87. The van der Waals surface area contributed by atoms with Gasteiger partial charge in [-0.3, -0.25) is 4.55 Å². The fourth-order valence-electron chi connectivity index (χ4n) is 3.23. The van der Waals surface area contributed by atoms with Gasteiger partial charge in [-0.2, -0.15) is 21.0 Å². The van der Waals surface area contributed by atoms with Gasteiger partial charge in [-0.25, -0.2) is 4.18 Å². The van der Waals surface area contributed by atoms with Crippen molar-refractivity contribution in [2.24, 2.45) is 5.92 Å². The molecule has 9 atom stereocenters. The van der Waals surface area contributed by atoms with Gasteiger partial charge >= 0.3 is 10.4 Å². The van der Waals surface area contributed by atoms with Crippen molar-refractivity contribution in [3.05, 3.63) is 0 Å². The van der Waals surface area contributed by atoms with Gasteiger partial charge in [0.05, 0.1) is 24.9 Å². The molecule has 162 valence electrons. The average molecular weight is 438 g/mol. The second-order valence-electron chi connectivity index (χ2n) is 6.65. The Morgan fingerprint density at radius 3 is 2.07 bits per heavy atom. The molecule has 1 unspecified atom stereocenters. The van der Waals surface area contributed by atoms with E-state index in [9.17, 15) is 44.2 Å². The van der Waals surface area contributed by atoms with E-state index in [-0.39, 0.29) is 6.42 Å². The van der Waals surface area contributed by atoms with Crippen LogP contribution in [0, 0.1) is 5.92 Å². The van der Waals surface area contributed by atoms with Crippen molar-refractivity contribution in [1.82, 2.24) is 0 Å². The number of rotatable bonds is 10. The van der Waals surface area contributed by atoms with E-state index in [1.807, 2.05) is 0 Å². The third-order valence-electron chi connectivity index (χ3n) is 4.70. The first-order valence-electron chi connectivity index (χ1n) is 7.95. The van der Waals surface area contributed by atoms with Gasteiger partial charge in [0, 0.05) is 17.3 Å². The van der Waals surface area contributed by atoms with Crippen LogP contribution in [0.5, 0.6) is 0 Å². The number of hydrogen-bond donors (Lipinski definition) is 10. The molecular formula is C13H26O12S2. The molecule has 27 heavy (non-hydrogen) atoms. The van der Waals surface area contributed by atoms with E-state index in [0.717, 1.165) is 0 Å². The summed E-state index contributed by atoms with van der Waals surface area (Å²) < 4.78 is 33.7. The van der Waals surface area contributed by atoms with Crippen molar-refractivity contribution in [1.29, 1.82) is 0 Å². The Morgan fingerprint density at radius 1 is 1.07 bits per heavy atom. The van der Waals surface area contributed by atoms with Crippen LogP contribution in [-0.4, -0.2) is 115 Å². The Bertz CT molecular complexity index is 574. The number of hydrogen-bond acceptors (Lipinski definition) is 12. The highest BCUT2D eigenvalue weighted by atomic mass is 32.3. The topological polar surface area (TPSA) is 225 Å². The molecular weight excluding hydrogens is 412 g/mol. The Hall–Kier alpha value is -0.100. The molecule has 1 rings (SSSR count). The molecule has 0 aromatic carbocycles. The molecule has 0 aromatic heterocycles. The van der Waals surface area contributed by atoms with E-state index in [4.69, 9.17) is 9.66 Å². The van der Waals surface area contributed by atoms with Crippen molar-refractivity contribution in [3.63, 3.8) is 0 Å². The maximum atomic E-state index is 11.0. The molecule has 0 radical (unpaired) electrons. The molecule has 1 aliphatic carbocycles. The first-order chi connectivity index (χ1) is 12.3. The van der Waals surface area contributed by atoms with Crippen molar-refractivity contribution in [2.75, 3.05) is 13.2 Å². The second kappa shape index (κ2) is 9.60. The predicted molar refractivity (Wildman–Crippen MR) is 91.1 cm³/mol. The highest BCUT2D eigenvalue weighted by Crippen LogP contribution is 2.45. The maximum absolute atomic E-state index is 11.0. The molecule has 9 N–H and O–H groups in total. The minimum atomic E-state index is -5.22. The first kappa shape index (κ1) is 24.9. The molecule has 0 bridgehead atoms. The zero-order chi connectivity index (χ0) is 21.2. The lowest BCUT2D eigenvalue weighted by atomic mass is 9.86. The van der Waals surface area contributed by atoms with Gasteiger partial charge in [0.1, 0.15) is 24.4 Å². The molecule has 1 saturated carbocycles. The minimum Gasteiger partial charge on any atom is -0.396 e. The van der Waals surface area contributed by atoms with Crippen LogP contribution in [0.3, 0.4) is 0 Å². The van der Waals surface area contributed by atoms with Crippen LogP contribution in [0.15, 0.2) is 0 Å². The molecule has 0 amide bonds. The smallest absolute Gasteiger partial charge is 0.396 e. The highest BCUT2D eigenvalue weighted by molar-refractivity contribution is 7.81. The van der Waals surface area contributed by atoms with E-state index < -0.39 is 83.4 Å². The van der Waals surface area contributed by atoms with Gasteiger partial charge in [0.2, 0.25) is 0 Å². The van der Waals surface area contributed by atoms with Gasteiger partial charge in [-0.1, -0.05) is 0 Å². The fraction of sp³-hybridized carbons (Fsp3) is 1.00. The summed E-state index contributed by atoms with van der Waals surface area (Å²) >= 11 is 4.26. The lowest BCUT2D eigenvalue weighted by molar-refractivity contribution is -0.135. The van der Waals surface area contributed by atoms with Crippen LogP contribution in [-0.2, 0) is 14.6 Å². The van der Waals surface area contributed by atoms with Crippen LogP contribution >= 0.6 is 12.6 Å². The van der Waals surface area contributed by atoms with Crippen molar-refractivity contribution in [2.45, 2.75) is 60.3 Å². The minimum absolute atomic E-state index is 0.212. The molecule has 0 heterocycles. The summed E-state index contributed by atoms with van der Waals surface area (Å²) in [4.78, 5) is 0. The number of thiol groups is 1. The third-order valence-corrected chi connectivity index (χ3v) is 5.86. The van der Waals surface area contributed by atoms with Crippen molar-refractivity contribution < 1.29 is 58.0 Å². The van der Waals surface area contributed by atoms with Gasteiger partial charge in [0.15, 0.2) is 0 Å². The molecule has 14 heteroatoms. The zero-order valence-electron chi connectivity index (χ0n) is 14.1. The summed E-state index contributed by atoms with van der Waals surface area (Å²) in [5.41, 5.74) is 0. The quantitative estimate of drug-likeness (QED) is 0.115. The number of aliphatic hydroxyl groups is 8. The SMILES string of the molecule is O=S(=O)(O)O[C@H]([C@@H](O)[C@H](O)[C@H](O)CO)[C@H](O)CC1(S)C[C@@H](O)[C@H](O)[C@H]1CO. The van der Waals surface area contributed by atoms with E-state index in [0.29, 0.717) is 0 Å². The lowest BCUT2D eigenvalue weighted by Gasteiger charge is -2.36. The summed E-state index contributed by atoms with van der Waals surface area (Å²) in [6.07, 6.45) is -13.9. The molecule has 1 aliphatic rings. The summed E-state index contributed by atoms with van der Waals surface area (Å²) in [5.74, 6) is -1.03. The summed E-state index contributed by atoms with van der Waals surface area (Å²) in [7, 11) is -5.22. The molecule has 0 spiro atoms. The zero-order valence-corrected chi connectivity index (χ0v) is 15.8. The van der Waals surface area contributed by atoms with E-state index in [1.165, 1.54) is 0 Å². The third kappa shape index (κ3) is 6.19. The van der Waals surface area contributed by atoms with E-state index in [2.05, 4.69) is 16.8 Å². The molecule has 0 aromatic rings. The molecule has 0 saturated heterocycles. The molecule has 1 fully saturated rings. The summed E-state index contributed by atoms with van der Waals surface area (Å²) in [6, 6.07) is 0. The largest absolute Gasteiger partial charge is 0.397 e. The molecule has 0 aliphatic heterocycles. The van der Waals surface area contributed by atoms with Crippen LogP contribution in [0.2, 0.25) is 0 Å². The van der Waals surface area contributed by atoms with Gasteiger partial charge in [0.25, 0.3) is 0 Å². The van der Waals surface area contributed by atoms with E-state index in [1.54, 1.807) is 0 Å². The Morgan fingerprint density at radius 2 is 1.63 bits per heavy atom. The maximum Gasteiger partial charge on any atom is 0.397 e.